The SMILES string of the molecule is CSC(Cc1cc(F)c(Oc2ccnc3c2c(Cl)cn3COCC[Si](C)(C)C)c(F)c1)=NCCC(C)(C)NC(=O)OC(C)(C)C. The summed E-state index contributed by atoms with van der Waals surface area (Å²) in [5, 5.41) is 4.34. The van der Waals surface area contributed by atoms with Crippen molar-refractivity contribution in [2.75, 3.05) is 19.4 Å². The molecule has 2 heterocycles. The number of halogens is 3. The van der Waals surface area contributed by atoms with Gasteiger partial charge in [-0.05, 0) is 77.1 Å². The zero-order valence-electron chi connectivity index (χ0n) is 27.6. The Morgan fingerprint density at radius 1 is 1.16 bits per heavy atom. The number of carbonyl (C=O) groups is 1. The molecule has 1 N–H and O–H groups in total. The lowest BCUT2D eigenvalue weighted by atomic mass is 10.0. The van der Waals surface area contributed by atoms with Crippen molar-refractivity contribution in [1.82, 2.24) is 14.9 Å². The molecule has 0 atom stereocenters. The Labute approximate surface area is 275 Å². The van der Waals surface area contributed by atoms with Crippen molar-refractivity contribution in [3.05, 3.63) is 52.8 Å². The molecule has 0 saturated heterocycles. The van der Waals surface area contributed by atoms with Crippen LogP contribution in [0.15, 0.2) is 35.6 Å². The number of aromatic nitrogens is 2. The average Bonchev–Trinajstić information content (AvgIpc) is 3.22. The van der Waals surface area contributed by atoms with Gasteiger partial charge in [0.05, 0.1) is 15.5 Å². The topological polar surface area (TPSA) is 87.0 Å². The second kappa shape index (κ2) is 15.3. The molecule has 0 fully saturated rings. The van der Waals surface area contributed by atoms with Gasteiger partial charge in [0.25, 0.3) is 0 Å². The number of ether oxygens (including phenoxy) is 3. The Kier molecular flexibility index (Phi) is 12.5. The smallest absolute Gasteiger partial charge is 0.408 e. The molecule has 248 valence electrons. The Hall–Kier alpha value is -2.67. The Balaban J connectivity index is 1.69. The highest BCUT2D eigenvalue weighted by Crippen LogP contribution is 2.37. The summed E-state index contributed by atoms with van der Waals surface area (Å²) in [5.74, 6) is -2.03. The number of alkyl carbamates (subject to hydrolysis) is 1. The summed E-state index contributed by atoms with van der Waals surface area (Å²) in [6.45, 7) is 17.3. The van der Waals surface area contributed by atoms with Crippen molar-refractivity contribution in [1.29, 1.82) is 0 Å². The third-order valence-corrected chi connectivity index (χ3v) is 9.36. The molecule has 45 heavy (non-hydrogen) atoms. The molecule has 0 aliphatic heterocycles. The van der Waals surface area contributed by atoms with Gasteiger partial charge in [-0.1, -0.05) is 31.2 Å². The second-order valence-electron chi connectivity index (χ2n) is 13.7. The first kappa shape index (κ1) is 36.8. The van der Waals surface area contributed by atoms with Crippen molar-refractivity contribution >= 4 is 53.6 Å². The molecule has 1 amide bonds. The number of aliphatic imine (C=N–C) groups is 1. The molecule has 3 aromatic rings. The van der Waals surface area contributed by atoms with Crippen LogP contribution in [0.25, 0.3) is 11.0 Å². The number of amides is 1. The van der Waals surface area contributed by atoms with Crippen molar-refractivity contribution < 1.29 is 27.8 Å². The fourth-order valence-electron chi connectivity index (χ4n) is 4.25. The number of nitrogens with zero attached hydrogens (tertiary/aromatic N) is 3. The molecular formula is C32H45ClF2N4O4SSi. The summed E-state index contributed by atoms with van der Waals surface area (Å²) in [5.41, 5.74) is -0.249. The minimum absolute atomic E-state index is 0.186. The summed E-state index contributed by atoms with van der Waals surface area (Å²) in [4.78, 5) is 21.2. The standard InChI is InChI=1S/C32H45ClF2N4O4SSi/c1-31(2,3)43-30(40)38-32(4,5)11-13-36-26(44-6)18-21-16-23(34)28(24(35)17-21)42-25-10-12-37-29-27(25)22(33)19-39(29)20-41-14-15-45(7,8)9/h10,12,16-17,19H,11,13-15,18,20H2,1-9H3,(H,38,40). The van der Waals surface area contributed by atoms with Crippen LogP contribution in [0.5, 0.6) is 11.5 Å². The lowest BCUT2D eigenvalue weighted by Gasteiger charge is -2.28. The molecule has 8 nitrogen and oxygen atoms in total. The van der Waals surface area contributed by atoms with E-state index in [2.05, 4.69) is 34.9 Å². The first-order valence-electron chi connectivity index (χ1n) is 14.8. The number of nitrogens with one attached hydrogen (secondary N) is 1. The first-order chi connectivity index (χ1) is 20.9. The van der Waals surface area contributed by atoms with Gasteiger partial charge in [-0.25, -0.2) is 18.6 Å². The number of hydrogen-bond donors (Lipinski definition) is 1. The van der Waals surface area contributed by atoms with Gasteiger partial charge >= 0.3 is 6.09 Å². The highest BCUT2D eigenvalue weighted by atomic mass is 35.5. The molecule has 0 aliphatic carbocycles. The number of benzene rings is 1. The predicted octanol–water partition coefficient (Wildman–Crippen LogP) is 9.07. The van der Waals surface area contributed by atoms with E-state index in [0.717, 1.165) is 6.04 Å². The lowest BCUT2D eigenvalue weighted by Crippen LogP contribution is -2.46. The van der Waals surface area contributed by atoms with Crippen LogP contribution in [0.1, 0.15) is 46.6 Å². The minimum atomic E-state index is -1.24. The minimum Gasteiger partial charge on any atom is -0.450 e. The van der Waals surface area contributed by atoms with Crippen LogP contribution in [0.3, 0.4) is 0 Å². The molecule has 1 aromatic carbocycles. The second-order valence-corrected chi connectivity index (χ2v) is 20.6. The van der Waals surface area contributed by atoms with Gasteiger partial charge in [-0.3, -0.25) is 4.99 Å². The lowest BCUT2D eigenvalue weighted by molar-refractivity contribution is 0.0469. The number of carbonyl (C=O) groups excluding carboxylic acids is 1. The maximum Gasteiger partial charge on any atom is 0.408 e. The largest absolute Gasteiger partial charge is 0.450 e. The van der Waals surface area contributed by atoms with Crippen LogP contribution < -0.4 is 10.1 Å². The van der Waals surface area contributed by atoms with E-state index in [-0.39, 0.29) is 18.9 Å². The Bertz CT molecular complexity index is 1500. The molecule has 3 rings (SSSR count). The average molecular weight is 683 g/mol. The van der Waals surface area contributed by atoms with Gasteiger partial charge in [0, 0.05) is 45.6 Å². The molecule has 0 unspecified atom stereocenters. The maximum absolute atomic E-state index is 15.3. The third kappa shape index (κ3) is 11.6. The normalized spacial score (nSPS) is 12.9. The number of fused-ring (bicyclic) bond motifs is 1. The van der Waals surface area contributed by atoms with Crippen molar-refractivity contribution in [2.24, 2.45) is 4.99 Å². The molecule has 0 radical (unpaired) electrons. The fraction of sp³-hybridized carbons (Fsp3) is 0.531. The quantitative estimate of drug-likeness (QED) is 0.0838. The summed E-state index contributed by atoms with van der Waals surface area (Å²) < 4.78 is 49.2. The fourth-order valence-corrected chi connectivity index (χ4v) is 5.84. The van der Waals surface area contributed by atoms with Crippen LogP contribution in [0.2, 0.25) is 30.7 Å². The molecule has 0 saturated carbocycles. The monoisotopic (exact) mass is 682 g/mol. The van der Waals surface area contributed by atoms with Crippen molar-refractivity contribution in [3.63, 3.8) is 0 Å². The Morgan fingerprint density at radius 2 is 1.82 bits per heavy atom. The van der Waals surface area contributed by atoms with Gasteiger partial charge < -0.3 is 24.1 Å². The molecule has 0 bridgehead atoms. The van der Waals surface area contributed by atoms with Crippen LogP contribution in [-0.4, -0.2) is 59.3 Å². The summed E-state index contributed by atoms with van der Waals surface area (Å²) in [7, 11) is -1.24. The van der Waals surface area contributed by atoms with E-state index in [0.29, 0.717) is 46.2 Å². The van der Waals surface area contributed by atoms with Crippen LogP contribution in [0.4, 0.5) is 13.6 Å². The first-order valence-corrected chi connectivity index (χ1v) is 20.1. The molecule has 13 heteroatoms. The molecule has 2 aromatic heterocycles. The summed E-state index contributed by atoms with van der Waals surface area (Å²) in [6.07, 6.45) is 5.32. The highest BCUT2D eigenvalue weighted by molar-refractivity contribution is 8.13. The van der Waals surface area contributed by atoms with Gasteiger partial charge in [0.2, 0.25) is 0 Å². The van der Waals surface area contributed by atoms with E-state index in [1.165, 1.54) is 36.2 Å². The number of rotatable bonds is 13. The van der Waals surface area contributed by atoms with E-state index >= 15 is 8.78 Å². The number of hydrogen-bond acceptors (Lipinski definition) is 7. The molecule has 0 aliphatic rings. The number of thioether (sulfide) groups is 1. The molecular weight excluding hydrogens is 638 g/mol. The van der Waals surface area contributed by atoms with Crippen molar-refractivity contribution in [2.45, 2.75) is 91.0 Å². The summed E-state index contributed by atoms with van der Waals surface area (Å²) >= 11 is 7.91. The van der Waals surface area contributed by atoms with E-state index in [1.807, 2.05) is 20.1 Å². The van der Waals surface area contributed by atoms with Gasteiger partial charge in [0.15, 0.2) is 17.4 Å². The third-order valence-electron chi connectivity index (χ3n) is 6.62. The van der Waals surface area contributed by atoms with Crippen LogP contribution >= 0.6 is 23.4 Å². The maximum atomic E-state index is 15.3. The van der Waals surface area contributed by atoms with Gasteiger partial charge in [-0.2, -0.15) is 0 Å². The zero-order chi connectivity index (χ0) is 33.6. The predicted molar refractivity (Wildman–Crippen MR) is 183 cm³/mol. The van der Waals surface area contributed by atoms with Crippen LogP contribution in [0, 0.1) is 11.6 Å². The molecule has 0 spiro atoms. The van der Waals surface area contributed by atoms with E-state index in [1.54, 1.807) is 31.5 Å². The Morgan fingerprint density at radius 3 is 2.42 bits per heavy atom. The van der Waals surface area contributed by atoms with Gasteiger partial charge in [0.1, 0.15) is 23.7 Å². The van der Waals surface area contributed by atoms with E-state index in [9.17, 15) is 4.79 Å². The van der Waals surface area contributed by atoms with Gasteiger partial charge in [-0.15, -0.1) is 11.8 Å². The highest BCUT2D eigenvalue weighted by Gasteiger charge is 2.24. The van der Waals surface area contributed by atoms with E-state index in [4.69, 9.17) is 25.8 Å². The zero-order valence-corrected chi connectivity index (χ0v) is 30.2. The number of pyridine rings is 1. The van der Waals surface area contributed by atoms with E-state index < -0.39 is 42.7 Å². The summed E-state index contributed by atoms with van der Waals surface area (Å²) in [6, 6.07) is 5.03. The van der Waals surface area contributed by atoms with Crippen molar-refractivity contribution in [3.8, 4) is 11.5 Å². The van der Waals surface area contributed by atoms with Crippen LogP contribution in [-0.2, 0) is 22.6 Å².